The van der Waals surface area contributed by atoms with Crippen LogP contribution in [-0.4, -0.2) is 83.2 Å². The third-order valence-corrected chi connectivity index (χ3v) is 4.00. The molecule has 0 bridgehead atoms. The van der Waals surface area contributed by atoms with E-state index in [9.17, 15) is 9.59 Å². The van der Waals surface area contributed by atoms with E-state index in [0.29, 0.717) is 72.2 Å². The van der Waals surface area contributed by atoms with Gasteiger partial charge >= 0.3 is 0 Å². The molecule has 0 aromatic rings. The van der Waals surface area contributed by atoms with Gasteiger partial charge < -0.3 is 29.6 Å². The Morgan fingerprint density at radius 3 is 1.60 bits per heavy atom. The van der Waals surface area contributed by atoms with Gasteiger partial charge in [0.25, 0.3) is 0 Å². The van der Waals surface area contributed by atoms with Crippen LogP contribution < -0.4 is 10.6 Å². The maximum atomic E-state index is 11.7. The molecule has 0 aliphatic rings. The molecule has 2 N–H and O–H groups in total. The van der Waals surface area contributed by atoms with Crippen molar-refractivity contribution >= 4 is 11.7 Å². The summed E-state index contributed by atoms with van der Waals surface area (Å²) in [5.74, 6) is 0.127. The summed E-state index contributed by atoms with van der Waals surface area (Å²) in [7, 11) is 0. The summed E-state index contributed by atoms with van der Waals surface area (Å²) in [5, 5.41) is 6.12. The maximum absolute atomic E-state index is 11.7. The Bertz CT molecular complexity index is 458. The lowest BCUT2D eigenvalue weighted by molar-refractivity contribution is -0.127. The average molecular weight is 433 g/mol. The quantitative estimate of drug-likeness (QED) is 0.320. The van der Waals surface area contributed by atoms with Gasteiger partial charge in [0, 0.05) is 36.9 Å². The van der Waals surface area contributed by atoms with E-state index in [4.69, 9.17) is 18.9 Å². The van der Waals surface area contributed by atoms with Crippen molar-refractivity contribution < 1.29 is 28.5 Å². The number of hydrogen-bond acceptors (Lipinski definition) is 7. The average Bonchev–Trinajstić information content (AvgIpc) is 2.63. The number of carbonyl (C=O) groups is 2. The topological polar surface area (TPSA) is 95.1 Å². The molecule has 0 unspecified atom stereocenters. The van der Waals surface area contributed by atoms with E-state index in [1.165, 1.54) is 0 Å². The van der Waals surface area contributed by atoms with E-state index in [-0.39, 0.29) is 22.6 Å². The van der Waals surface area contributed by atoms with E-state index in [2.05, 4.69) is 31.4 Å². The molecule has 0 aliphatic carbocycles. The molecule has 0 saturated carbocycles. The van der Waals surface area contributed by atoms with Gasteiger partial charge in [-0.05, 0) is 20.8 Å². The van der Waals surface area contributed by atoms with Gasteiger partial charge in [0.2, 0.25) is 5.91 Å². The standard InChI is InChI=1S/C22H44N2O6/c1-21(2,3)19(25)7-11-27-15-17-29-13-9-23-20(26)8-12-28-16-18-30-14-10-24-22(4,5)6/h24H,7-18H2,1-6H3,(H,23,26). The molecule has 0 radical (unpaired) electrons. The number of hydrogen-bond donors (Lipinski definition) is 2. The van der Waals surface area contributed by atoms with Crippen LogP contribution in [0.2, 0.25) is 0 Å². The summed E-state index contributed by atoms with van der Waals surface area (Å²) < 4.78 is 21.6. The van der Waals surface area contributed by atoms with Gasteiger partial charge in [-0.25, -0.2) is 0 Å². The highest BCUT2D eigenvalue weighted by molar-refractivity contribution is 5.83. The normalized spacial score (nSPS) is 12.2. The number of rotatable bonds is 18. The van der Waals surface area contributed by atoms with Crippen LogP contribution in [0.15, 0.2) is 0 Å². The maximum Gasteiger partial charge on any atom is 0.222 e. The van der Waals surface area contributed by atoms with E-state index in [1.54, 1.807) is 0 Å². The van der Waals surface area contributed by atoms with Crippen LogP contribution in [0.1, 0.15) is 54.4 Å². The number of ketones is 1. The predicted molar refractivity (Wildman–Crippen MR) is 118 cm³/mol. The number of carbonyl (C=O) groups excluding carboxylic acids is 2. The Hall–Kier alpha value is -1.06. The second-order valence-corrected chi connectivity index (χ2v) is 9.15. The molecule has 0 spiro atoms. The van der Waals surface area contributed by atoms with E-state index >= 15 is 0 Å². The minimum atomic E-state index is -0.319. The fourth-order valence-corrected chi connectivity index (χ4v) is 2.20. The van der Waals surface area contributed by atoms with Crippen LogP contribution in [-0.2, 0) is 28.5 Å². The fourth-order valence-electron chi connectivity index (χ4n) is 2.20. The van der Waals surface area contributed by atoms with Crippen molar-refractivity contribution in [2.75, 3.05) is 65.9 Å². The van der Waals surface area contributed by atoms with Crippen LogP contribution in [0.25, 0.3) is 0 Å². The first-order valence-electron chi connectivity index (χ1n) is 10.9. The summed E-state index contributed by atoms with van der Waals surface area (Å²) in [5.41, 5.74) is -0.222. The van der Waals surface area contributed by atoms with E-state index in [0.717, 1.165) is 6.54 Å². The van der Waals surface area contributed by atoms with Crippen LogP contribution >= 0.6 is 0 Å². The lowest BCUT2D eigenvalue weighted by atomic mass is 9.89. The summed E-state index contributed by atoms with van der Waals surface area (Å²) in [4.78, 5) is 23.4. The van der Waals surface area contributed by atoms with Gasteiger partial charge in [0.1, 0.15) is 5.78 Å². The van der Waals surface area contributed by atoms with Crippen molar-refractivity contribution in [3.8, 4) is 0 Å². The van der Waals surface area contributed by atoms with Crippen LogP contribution in [0.4, 0.5) is 0 Å². The lowest BCUT2D eigenvalue weighted by Gasteiger charge is -2.20. The SMILES string of the molecule is CC(C)(C)NCCOCCOCCC(=O)NCCOCCOCCC(=O)C(C)(C)C. The lowest BCUT2D eigenvalue weighted by Crippen LogP contribution is -2.38. The summed E-state index contributed by atoms with van der Waals surface area (Å²) in [6, 6.07) is 0. The van der Waals surface area contributed by atoms with E-state index < -0.39 is 0 Å². The van der Waals surface area contributed by atoms with Crippen molar-refractivity contribution in [2.24, 2.45) is 5.41 Å². The molecule has 8 nitrogen and oxygen atoms in total. The molecule has 0 fully saturated rings. The smallest absolute Gasteiger partial charge is 0.222 e. The zero-order chi connectivity index (χ0) is 22.9. The van der Waals surface area contributed by atoms with Crippen molar-refractivity contribution in [3.05, 3.63) is 0 Å². The molecule has 0 aliphatic heterocycles. The molecule has 0 atom stereocenters. The van der Waals surface area contributed by atoms with Crippen LogP contribution in [0, 0.1) is 5.41 Å². The molecule has 178 valence electrons. The first-order valence-corrected chi connectivity index (χ1v) is 10.9. The molecule has 30 heavy (non-hydrogen) atoms. The van der Waals surface area contributed by atoms with Gasteiger partial charge in [-0.2, -0.15) is 0 Å². The second kappa shape index (κ2) is 16.6. The monoisotopic (exact) mass is 432 g/mol. The number of amides is 1. The number of Topliss-reactive ketones (excluding diaryl/α,β-unsaturated/α-hetero) is 1. The van der Waals surface area contributed by atoms with Crippen molar-refractivity contribution in [1.82, 2.24) is 10.6 Å². The summed E-state index contributed by atoms with van der Waals surface area (Å²) in [6.45, 7) is 17.0. The fraction of sp³-hybridized carbons (Fsp3) is 0.909. The molecule has 0 aromatic heterocycles. The predicted octanol–water partition coefficient (Wildman–Crippen LogP) is 1.95. The number of nitrogens with one attached hydrogen (secondary N) is 2. The van der Waals surface area contributed by atoms with Gasteiger partial charge in [0.05, 0.1) is 52.9 Å². The van der Waals surface area contributed by atoms with Crippen molar-refractivity contribution in [3.63, 3.8) is 0 Å². The zero-order valence-electron chi connectivity index (χ0n) is 19.9. The minimum Gasteiger partial charge on any atom is -0.379 e. The van der Waals surface area contributed by atoms with Crippen LogP contribution in [0.5, 0.6) is 0 Å². The molecule has 8 heteroatoms. The Labute approximate surface area is 182 Å². The highest BCUT2D eigenvalue weighted by atomic mass is 16.5. The summed E-state index contributed by atoms with van der Waals surface area (Å²) >= 11 is 0. The van der Waals surface area contributed by atoms with Crippen LogP contribution in [0.3, 0.4) is 0 Å². The third-order valence-electron chi connectivity index (χ3n) is 4.00. The van der Waals surface area contributed by atoms with Gasteiger partial charge in [-0.15, -0.1) is 0 Å². The molecule has 0 aromatic carbocycles. The largest absolute Gasteiger partial charge is 0.379 e. The minimum absolute atomic E-state index is 0.0640. The Morgan fingerprint density at radius 1 is 0.633 bits per heavy atom. The molecular weight excluding hydrogens is 388 g/mol. The van der Waals surface area contributed by atoms with Gasteiger partial charge in [-0.3, -0.25) is 9.59 Å². The molecule has 0 saturated heterocycles. The Kier molecular flexibility index (Phi) is 16.0. The number of ether oxygens (including phenoxy) is 4. The van der Waals surface area contributed by atoms with Crippen molar-refractivity contribution in [1.29, 1.82) is 0 Å². The van der Waals surface area contributed by atoms with Crippen molar-refractivity contribution in [2.45, 2.75) is 59.9 Å². The third kappa shape index (κ3) is 20.2. The summed E-state index contributed by atoms with van der Waals surface area (Å²) in [6.07, 6.45) is 0.735. The van der Waals surface area contributed by atoms with E-state index in [1.807, 2.05) is 20.8 Å². The zero-order valence-corrected chi connectivity index (χ0v) is 19.9. The Balaban J connectivity index is 3.32. The molecule has 1 amide bonds. The van der Waals surface area contributed by atoms with Gasteiger partial charge in [-0.1, -0.05) is 20.8 Å². The first kappa shape index (κ1) is 28.9. The highest BCUT2D eigenvalue weighted by Crippen LogP contribution is 2.16. The highest BCUT2D eigenvalue weighted by Gasteiger charge is 2.20. The van der Waals surface area contributed by atoms with Gasteiger partial charge in [0.15, 0.2) is 0 Å². The molecular formula is C22H44N2O6. The second-order valence-electron chi connectivity index (χ2n) is 9.15. The molecule has 0 rings (SSSR count). The Morgan fingerprint density at radius 2 is 1.10 bits per heavy atom. The molecule has 0 heterocycles. The first-order chi connectivity index (χ1) is 14.0.